The number of sulfonamides is 1. The Morgan fingerprint density at radius 2 is 1.74 bits per heavy atom. The van der Waals surface area contributed by atoms with Gasteiger partial charge >= 0.3 is 0 Å². The largest absolute Gasteiger partial charge is 0.493 e. The number of nitrogens with one attached hydrogen (secondary N) is 2. The molecule has 0 saturated carbocycles. The summed E-state index contributed by atoms with van der Waals surface area (Å²) in [4.78, 5) is 13.0. The fourth-order valence-electron chi connectivity index (χ4n) is 2.94. The molecule has 0 fully saturated rings. The van der Waals surface area contributed by atoms with E-state index in [2.05, 4.69) is 10.0 Å². The third kappa shape index (κ3) is 6.15. The molecule has 31 heavy (non-hydrogen) atoms. The summed E-state index contributed by atoms with van der Waals surface area (Å²) >= 11 is 1.44. The quantitative estimate of drug-likeness (QED) is 0.503. The number of hydrogen-bond donors (Lipinski definition) is 2. The maximum absolute atomic E-state index is 13.1. The zero-order valence-corrected chi connectivity index (χ0v) is 20.3. The molecule has 170 valence electrons. The summed E-state index contributed by atoms with van der Waals surface area (Å²) < 4.78 is 39.6. The van der Waals surface area contributed by atoms with E-state index in [9.17, 15) is 13.2 Å². The minimum Gasteiger partial charge on any atom is -0.493 e. The Hall–Kier alpha value is -2.23. The molecule has 0 radical (unpaired) electrons. The van der Waals surface area contributed by atoms with Crippen LogP contribution in [0, 0.1) is 5.92 Å². The smallest absolute Gasteiger partial charge is 0.241 e. The molecule has 0 heterocycles. The van der Waals surface area contributed by atoms with Crippen molar-refractivity contribution in [3.63, 3.8) is 0 Å². The first kappa shape index (κ1) is 25.0. The van der Waals surface area contributed by atoms with Gasteiger partial charge in [0.05, 0.1) is 24.8 Å². The summed E-state index contributed by atoms with van der Waals surface area (Å²) in [5.74, 6) is 0.708. The highest BCUT2D eigenvalue weighted by molar-refractivity contribution is 7.98. The van der Waals surface area contributed by atoms with Crippen LogP contribution in [-0.2, 0) is 14.8 Å². The van der Waals surface area contributed by atoms with Crippen molar-refractivity contribution < 1.29 is 22.7 Å². The molecule has 7 nitrogen and oxygen atoms in total. The predicted octanol–water partition coefficient (Wildman–Crippen LogP) is 4.45. The Bertz CT molecular complexity index is 1020. The zero-order valence-electron chi connectivity index (χ0n) is 18.7. The van der Waals surface area contributed by atoms with E-state index in [-0.39, 0.29) is 16.7 Å². The van der Waals surface area contributed by atoms with Crippen LogP contribution in [0.4, 0.5) is 5.69 Å². The van der Waals surface area contributed by atoms with Gasteiger partial charge in [-0.1, -0.05) is 26.8 Å². The third-order valence-corrected chi connectivity index (χ3v) is 7.04. The predicted molar refractivity (Wildman–Crippen MR) is 125 cm³/mol. The lowest BCUT2D eigenvalue weighted by molar-refractivity contribution is -0.118. The first-order chi connectivity index (χ1) is 14.7. The number of methoxy groups -OCH3 is 2. The van der Waals surface area contributed by atoms with Crippen molar-refractivity contribution in [3.05, 3.63) is 42.0 Å². The van der Waals surface area contributed by atoms with Crippen LogP contribution < -0.4 is 19.5 Å². The van der Waals surface area contributed by atoms with Crippen molar-refractivity contribution in [2.45, 2.75) is 43.0 Å². The Kier molecular flexibility index (Phi) is 8.79. The normalized spacial score (nSPS) is 12.5. The molecule has 0 spiro atoms. The van der Waals surface area contributed by atoms with Gasteiger partial charge in [0.2, 0.25) is 15.9 Å². The van der Waals surface area contributed by atoms with Crippen LogP contribution in [0.1, 0.15) is 38.8 Å². The summed E-state index contributed by atoms with van der Waals surface area (Å²) in [5, 5.41) is 2.82. The molecule has 0 aliphatic rings. The van der Waals surface area contributed by atoms with Crippen LogP contribution in [-0.4, -0.2) is 34.8 Å². The zero-order chi connectivity index (χ0) is 23.2. The molecule has 0 aliphatic heterocycles. The van der Waals surface area contributed by atoms with Crippen LogP contribution in [0.25, 0.3) is 0 Å². The van der Waals surface area contributed by atoms with E-state index in [1.165, 1.54) is 24.9 Å². The lowest BCUT2D eigenvalue weighted by Gasteiger charge is -2.20. The van der Waals surface area contributed by atoms with Gasteiger partial charge in [-0.2, -0.15) is 0 Å². The van der Waals surface area contributed by atoms with Gasteiger partial charge in [-0.05, 0) is 48.6 Å². The molecular weight excluding hydrogens is 436 g/mol. The van der Waals surface area contributed by atoms with Crippen molar-refractivity contribution in [1.82, 2.24) is 4.72 Å². The van der Waals surface area contributed by atoms with Crippen LogP contribution in [0.3, 0.4) is 0 Å². The van der Waals surface area contributed by atoms with E-state index in [4.69, 9.17) is 9.47 Å². The average molecular weight is 467 g/mol. The molecule has 2 aromatic rings. The summed E-state index contributed by atoms with van der Waals surface area (Å²) in [6.45, 7) is 5.46. The van der Waals surface area contributed by atoms with Crippen LogP contribution in [0.5, 0.6) is 11.5 Å². The molecule has 2 rings (SSSR count). The SMILES string of the molecule is CC[C@H](NS(=O)(=O)c1ccc(SC)c(NC(=O)C(C)C)c1)c1ccc(OC)c(OC)c1. The highest BCUT2D eigenvalue weighted by Crippen LogP contribution is 2.33. The van der Waals surface area contributed by atoms with Crippen molar-refractivity contribution in [2.24, 2.45) is 5.92 Å². The second-order valence-corrected chi connectivity index (χ2v) is 9.76. The standard InChI is InChI=1S/C22H30N2O5S2/c1-7-17(15-8-10-19(28-4)20(12-15)29-5)24-31(26,27)16-9-11-21(30-6)18(13-16)23-22(25)14(2)3/h8-14,17,24H,7H2,1-6H3,(H,23,25)/t17-/m0/s1. The molecule has 0 unspecified atom stereocenters. The van der Waals surface area contributed by atoms with Crippen LogP contribution in [0.15, 0.2) is 46.2 Å². The molecule has 2 aromatic carbocycles. The lowest BCUT2D eigenvalue weighted by atomic mass is 10.1. The topological polar surface area (TPSA) is 93.7 Å². The summed E-state index contributed by atoms with van der Waals surface area (Å²) in [6, 6.07) is 9.60. The Labute approximate surface area is 189 Å². The number of benzene rings is 2. The van der Waals surface area contributed by atoms with Crippen molar-refractivity contribution >= 4 is 33.4 Å². The molecule has 0 aromatic heterocycles. The second-order valence-electron chi connectivity index (χ2n) is 7.20. The molecule has 0 bridgehead atoms. The highest BCUT2D eigenvalue weighted by Gasteiger charge is 2.23. The van der Waals surface area contributed by atoms with E-state index in [0.29, 0.717) is 23.6 Å². The van der Waals surface area contributed by atoms with E-state index in [1.54, 1.807) is 45.2 Å². The lowest BCUT2D eigenvalue weighted by Crippen LogP contribution is -2.28. The monoisotopic (exact) mass is 466 g/mol. The number of amides is 1. The van der Waals surface area contributed by atoms with Gasteiger partial charge in [0, 0.05) is 16.9 Å². The minimum absolute atomic E-state index is 0.0864. The fourth-order valence-corrected chi connectivity index (χ4v) is 4.81. The van der Waals surface area contributed by atoms with Crippen molar-refractivity contribution in [3.8, 4) is 11.5 Å². The molecule has 0 saturated heterocycles. The van der Waals surface area contributed by atoms with Gasteiger partial charge in [-0.25, -0.2) is 13.1 Å². The molecular formula is C22H30N2O5S2. The first-order valence-corrected chi connectivity index (χ1v) is 12.6. The van der Waals surface area contributed by atoms with Crippen molar-refractivity contribution in [1.29, 1.82) is 0 Å². The van der Waals surface area contributed by atoms with Crippen LogP contribution >= 0.6 is 11.8 Å². The van der Waals surface area contributed by atoms with Crippen LogP contribution in [0.2, 0.25) is 0 Å². The fraction of sp³-hybridized carbons (Fsp3) is 0.409. The number of carbonyl (C=O) groups is 1. The molecule has 1 atom stereocenters. The minimum atomic E-state index is -3.84. The number of rotatable bonds is 10. The molecule has 0 aliphatic carbocycles. The number of hydrogen-bond acceptors (Lipinski definition) is 6. The Balaban J connectivity index is 2.36. The first-order valence-electron chi connectivity index (χ1n) is 9.89. The Morgan fingerprint density at radius 3 is 2.29 bits per heavy atom. The average Bonchev–Trinajstić information content (AvgIpc) is 2.76. The highest BCUT2D eigenvalue weighted by atomic mass is 32.2. The van der Waals surface area contributed by atoms with Gasteiger partial charge in [0.1, 0.15) is 0 Å². The van der Waals surface area contributed by atoms with E-state index < -0.39 is 16.1 Å². The van der Waals surface area contributed by atoms with Crippen molar-refractivity contribution in [2.75, 3.05) is 25.8 Å². The molecule has 9 heteroatoms. The number of anilines is 1. The van der Waals surface area contributed by atoms with E-state index >= 15 is 0 Å². The number of ether oxygens (including phenoxy) is 2. The third-order valence-electron chi connectivity index (χ3n) is 4.78. The molecule has 2 N–H and O–H groups in total. The van der Waals surface area contributed by atoms with Gasteiger partial charge in [-0.15, -0.1) is 11.8 Å². The van der Waals surface area contributed by atoms with Gasteiger partial charge in [-0.3, -0.25) is 4.79 Å². The maximum atomic E-state index is 13.1. The van der Waals surface area contributed by atoms with Gasteiger partial charge in [0.25, 0.3) is 0 Å². The molecule has 1 amide bonds. The summed E-state index contributed by atoms with van der Waals surface area (Å²) in [6.07, 6.45) is 2.41. The summed E-state index contributed by atoms with van der Waals surface area (Å²) in [5.41, 5.74) is 1.24. The van der Waals surface area contributed by atoms with Gasteiger partial charge in [0.15, 0.2) is 11.5 Å². The number of carbonyl (C=O) groups excluding carboxylic acids is 1. The number of thioether (sulfide) groups is 1. The van der Waals surface area contributed by atoms with Gasteiger partial charge < -0.3 is 14.8 Å². The summed E-state index contributed by atoms with van der Waals surface area (Å²) in [7, 11) is -0.759. The Morgan fingerprint density at radius 1 is 1.06 bits per heavy atom. The van der Waals surface area contributed by atoms with E-state index in [1.807, 2.05) is 19.2 Å². The van der Waals surface area contributed by atoms with E-state index in [0.717, 1.165) is 10.5 Å². The second kappa shape index (κ2) is 10.9. The maximum Gasteiger partial charge on any atom is 0.241 e.